The molecular weight excluding hydrogens is 449 g/mol. The first-order valence-electron chi connectivity index (χ1n) is 10.3. The highest BCUT2D eigenvalue weighted by molar-refractivity contribution is 5.82. The fourth-order valence-electron chi connectivity index (χ4n) is 3.45. The van der Waals surface area contributed by atoms with Crippen LogP contribution in [-0.2, 0) is 11.3 Å². The number of carbonyl (C=O) groups excluding carboxylic acids is 1. The molecule has 2 aromatic carbocycles. The van der Waals surface area contributed by atoms with Crippen LogP contribution in [-0.4, -0.2) is 49.3 Å². The van der Waals surface area contributed by atoms with E-state index >= 15 is 0 Å². The van der Waals surface area contributed by atoms with E-state index in [1.54, 1.807) is 42.0 Å². The number of amides is 1. The Morgan fingerprint density at radius 1 is 1.12 bits per heavy atom. The van der Waals surface area contributed by atoms with E-state index in [2.05, 4.69) is 15.2 Å². The van der Waals surface area contributed by atoms with E-state index in [0.29, 0.717) is 27.7 Å². The van der Waals surface area contributed by atoms with Crippen molar-refractivity contribution in [2.45, 2.75) is 25.7 Å². The van der Waals surface area contributed by atoms with Crippen molar-refractivity contribution in [1.82, 2.24) is 24.6 Å². The SMILES string of the molecule is C[C@H](N)CN(Cc1cccc(-n2cncc2-c2nnc(-c3ccccc3)o2)c1)C(=O)C(F)(F)F. The summed E-state index contributed by atoms with van der Waals surface area (Å²) in [5, 5.41) is 8.19. The standard InChI is InChI=1S/C23H21F3N6O2/c1-15(27)12-31(22(33)23(24,25)26)13-16-6-5-9-18(10-16)32-14-28-11-19(32)21-30-29-20(34-21)17-7-3-2-4-8-17/h2-11,14-15H,12-13,27H2,1H3/t15-/m0/s1. The zero-order chi connectivity index (χ0) is 24.3. The molecule has 176 valence electrons. The monoisotopic (exact) mass is 470 g/mol. The molecule has 0 radical (unpaired) electrons. The number of imidazole rings is 1. The summed E-state index contributed by atoms with van der Waals surface area (Å²) < 4.78 is 46.6. The van der Waals surface area contributed by atoms with Gasteiger partial charge in [0.05, 0.1) is 12.5 Å². The number of rotatable bonds is 7. The maximum atomic E-state index is 13.1. The summed E-state index contributed by atoms with van der Waals surface area (Å²) in [6.07, 6.45) is -1.91. The van der Waals surface area contributed by atoms with Gasteiger partial charge >= 0.3 is 12.1 Å². The third kappa shape index (κ3) is 5.15. The lowest BCUT2D eigenvalue weighted by atomic mass is 10.1. The lowest BCUT2D eigenvalue weighted by Crippen LogP contribution is -2.45. The van der Waals surface area contributed by atoms with Crippen molar-refractivity contribution in [3.05, 3.63) is 72.7 Å². The van der Waals surface area contributed by atoms with Gasteiger partial charge in [-0.1, -0.05) is 30.3 Å². The summed E-state index contributed by atoms with van der Waals surface area (Å²) >= 11 is 0. The van der Waals surface area contributed by atoms with Crippen LogP contribution in [0.25, 0.3) is 28.7 Å². The van der Waals surface area contributed by atoms with Gasteiger partial charge in [-0.15, -0.1) is 10.2 Å². The molecule has 0 unspecified atom stereocenters. The second-order valence-electron chi connectivity index (χ2n) is 7.76. The summed E-state index contributed by atoms with van der Waals surface area (Å²) in [6, 6.07) is 15.4. The van der Waals surface area contributed by atoms with E-state index in [0.717, 1.165) is 5.56 Å². The molecule has 0 fully saturated rings. The molecule has 2 aromatic heterocycles. The first kappa shape index (κ1) is 23.2. The number of hydrogen-bond acceptors (Lipinski definition) is 6. The van der Waals surface area contributed by atoms with Crippen LogP contribution in [0.5, 0.6) is 0 Å². The molecule has 1 atom stereocenters. The molecule has 0 bridgehead atoms. The third-order valence-corrected chi connectivity index (χ3v) is 4.90. The van der Waals surface area contributed by atoms with Gasteiger partial charge in [-0.3, -0.25) is 9.36 Å². The van der Waals surface area contributed by atoms with Gasteiger partial charge in [0, 0.05) is 30.4 Å². The number of nitrogens with zero attached hydrogens (tertiary/aromatic N) is 5. The summed E-state index contributed by atoms with van der Waals surface area (Å²) in [7, 11) is 0. The second kappa shape index (κ2) is 9.48. The second-order valence-corrected chi connectivity index (χ2v) is 7.76. The Labute approximate surface area is 192 Å². The molecular formula is C23H21F3N6O2. The fourth-order valence-corrected chi connectivity index (χ4v) is 3.45. The first-order chi connectivity index (χ1) is 16.2. The van der Waals surface area contributed by atoms with E-state index in [1.165, 1.54) is 6.33 Å². The number of carbonyl (C=O) groups is 1. The van der Waals surface area contributed by atoms with E-state index in [9.17, 15) is 18.0 Å². The number of hydrogen-bond donors (Lipinski definition) is 1. The normalized spacial score (nSPS) is 12.5. The molecule has 11 heteroatoms. The van der Waals surface area contributed by atoms with Gasteiger partial charge in [-0.05, 0) is 36.8 Å². The van der Waals surface area contributed by atoms with Gasteiger partial charge in [-0.25, -0.2) is 4.98 Å². The first-order valence-corrected chi connectivity index (χ1v) is 10.3. The predicted octanol–water partition coefficient (Wildman–Crippen LogP) is 3.83. The third-order valence-electron chi connectivity index (χ3n) is 4.90. The van der Waals surface area contributed by atoms with Crippen molar-refractivity contribution in [3.8, 4) is 28.7 Å². The molecule has 4 aromatic rings. The molecule has 8 nitrogen and oxygen atoms in total. The minimum Gasteiger partial charge on any atom is -0.415 e. The fraction of sp³-hybridized carbons (Fsp3) is 0.217. The Kier molecular flexibility index (Phi) is 6.46. The Morgan fingerprint density at radius 3 is 2.56 bits per heavy atom. The molecule has 0 saturated heterocycles. The Morgan fingerprint density at radius 2 is 1.85 bits per heavy atom. The van der Waals surface area contributed by atoms with Gasteiger partial charge in [0.15, 0.2) is 0 Å². The van der Waals surface area contributed by atoms with Crippen LogP contribution in [0.15, 0.2) is 71.5 Å². The minimum atomic E-state index is -4.99. The lowest BCUT2D eigenvalue weighted by Gasteiger charge is -2.25. The molecule has 2 heterocycles. The number of alkyl halides is 3. The summed E-state index contributed by atoms with van der Waals surface area (Å²) in [6.45, 7) is 1.05. The van der Waals surface area contributed by atoms with Crippen molar-refractivity contribution in [2.24, 2.45) is 5.73 Å². The van der Waals surface area contributed by atoms with Crippen LogP contribution in [0.4, 0.5) is 13.2 Å². The average Bonchev–Trinajstić information content (AvgIpc) is 3.48. The molecule has 0 saturated carbocycles. The van der Waals surface area contributed by atoms with E-state index in [1.807, 2.05) is 30.3 Å². The molecule has 0 spiro atoms. The van der Waals surface area contributed by atoms with E-state index in [4.69, 9.17) is 10.2 Å². The summed E-state index contributed by atoms with van der Waals surface area (Å²) in [5.74, 6) is -1.36. The molecule has 0 aliphatic heterocycles. The molecule has 0 aliphatic carbocycles. The Bertz CT molecular complexity index is 1270. The number of nitrogens with two attached hydrogens (primary N) is 1. The van der Waals surface area contributed by atoms with Gasteiger partial charge in [-0.2, -0.15) is 13.2 Å². The summed E-state index contributed by atoms with van der Waals surface area (Å²) in [4.78, 5) is 16.7. The van der Waals surface area contributed by atoms with E-state index < -0.39 is 18.1 Å². The van der Waals surface area contributed by atoms with Gasteiger partial charge in [0.25, 0.3) is 5.89 Å². The van der Waals surface area contributed by atoms with Crippen molar-refractivity contribution in [3.63, 3.8) is 0 Å². The minimum absolute atomic E-state index is 0.229. The van der Waals surface area contributed by atoms with Crippen molar-refractivity contribution < 1.29 is 22.4 Å². The number of aromatic nitrogens is 4. The van der Waals surface area contributed by atoms with Crippen LogP contribution < -0.4 is 5.73 Å². The Hall–Kier alpha value is -3.99. The molecule has 34 heavy (non-hydrogen) atoms. The maximum Gasteiger partial charge on any atom is 0.471 e. The summed E-state index contributed by atoms with van der Waals surface area (Å²) in [5.41, 5.74) is 8.03. The zero-order valence-corrected chi connectivity index (χ0v) is 18.1. The Balaban J connectivity index is 1.62. The highest BCUT2D eigenvalue weighted by Crippen LogP contribution is 2.26. The highest BCUT2D eigenvalue weighted by Gasteiger charge is 2.42. The van der Waals surface area contributed by atoms with Gasteiger partial charge < -0.3 is 15.1 Å². The van der Waals surface area contributed by atoms with Crippen LogP contribution in [0.1, 0.15) is 12.5 Å². The van der Waals surface area contributed by atoms with Crippen LogP contribution in [0.3, 0.4) is 0 Å². The molecule has 4 rings (SSSR count). The average molecular weight is 470 g/mol. The largest absolute Gasteiger partial charge is 0.471 e. The lowest BCUT2D eigenvalue weighted by molar-refractivity contribution is -0.186. The zero-order valence-electron chi connectivity index (χ0n) is 18.1. The van der Waals surface area contributed by atoms with Crippen molar-refractivity contribution in [2.75, 3.05) is 6.54 Å². The molecule has 0 aliphatic rings. The van der Waals surface area contributed by atoms with Crippen molar-refractivity contribution >= 4 is 5.91 Å². The van der Waals surface area contributed by atoms with Crippen LogP contribution in [0, 0.1) is 0 Å². The van der Waals surface area contributed by atoms with Crippen LogP contribution in [0.2, 0.25) is 0 Å². The number of halogens is 3. The predicted molar refractivity (Wildman–Crippen MR) is 117 cm³/mol. The van der Waals surface area contributed by atoms with Gasteiger partial charge in [0.1, 0.15) is 5.69 Å². The molecule has 1 amide bonds. The smallest absolute Gasteiger partial charge is 0.415 e. The van der Waals surface area contributed by atoms with Crippen LogP contribution >= 0.6 is 0 Å². The maximum absolute atomic E-state index is 13.1. The van der Waals surface area contributed by atoms with Gasteiger partial charge in [0.2, 0.25) is 5.89 Å². The topological polar surface area (TPSA) is 103 Å². The quantitative estimate of drug-likeness (QED) is 0.440. The number of benzene rings is 2. The van der Waals surface area contributed by atoms with E-state index in [-0.39, 0.29) is 19.0 Å². The molecule has 2 N–H and O–H groups in total. The highest BCUT2D eigenvalue weighted by atomic mass is 19.4. The van der Waals surface area contributed by atoms with Crippen molar-refractivity contribution in [1.29, 1.82) is 0 Å².